The SMILES string of the molecule is COc1cccc(-c2cc3ccc(OCC(C)CNCCC(C)C)cc3c(=O)n2CC(=O)NC(C)C)c1. The van der Waals surface area contributed by atoms with Gasteiger partial charge in [-0.25, -0.2) is 0 Å². The molecule has 1 unspecified atom stereocenters. The summed E-state index contributed by atoms with van der Waals surface area (Å²) in [6.45, 7) is 12.7. The monoisotopic (exact) mass is 507 g/mol. The van der Waals surface area contributed by atoms with Gasteiger partial charge >= 0.3 is 0 Å². The van der Waals surface area contributed by atoms with E-state index in [4.69, 9.17) is 9.47 Å². The molecule has 0 aliphatic heterocycles. The summed E-state index contributed by atoms with van der Waals surface area (Å²) < 4.78 is 13.0. The first-order chi connectivity index (χ1) is 17.7. The van der Waals surface area contributed by atoms with Crippen LogP contribution in [0.5, 0.6) is 11.5 Å². The van der Waals surface area contributed by atoms with Crippen LogP contribution in [0.3, 0.4) is 0 Å². The number of aromatic nitrogens is 1. The van der Waals surface area contributed by atoms with E-state index in [2.05, 4.69) is 31.4 Å². The standard InChI is InChI=1S/C30H41N3O4/c1-20(2)12-13-31-17-22(5)19-37-26-11-10-23-15-28(24-8-7-9-25(14-24)36-6)33(30(35)27(23)16-26)18-29(34)32-21(3)4/h7-11,14-16,20-22,31H,12-13,17-19H2,1-6H3,(H,32,34). The Bertz CT molecular complexity index is 1250. The van der Waals surface area contributed by atoms with Crippen molar-refractivity contribution in [1.29, 1.82) is 0 Å². The average molecular weight is 508 g/mol. The number of ether oxygens (including phenoxy) is 2. The third-order valence-corrected chi connectivity index (χ3v) is 6.13. The van der Waals surface area contributed by atoms with Crippen LogP contribution in [0.1, 0.15) is 41.0 Å². The first-order valence-corrected chi connectivity index (χ1v) is 13.1. The molecule has 0 aliphatic rings. The topological polar surface area (TPSA) is 81.6 Å². The number of hydrogen-bond donors (Lipinski definition) is 2. The van der Waals surface area contributed by atoms with Crippen LogP contribution < -0.4 is 25.7 Å². The van der Waals surface area contributed by atoms with Crippen molar-refractivity contribution in [2.75, 3.05) is 26.8 Å². The Labute approximate surface area is 220 Å². The lowest BCUT2D eigenvalue weighted by molar-refractivity contribution is -0.122. The van der Waals surface area contributed by atoms with Crippen molar-refractivity contribution in [2.24, 2.45) is 11.8 Å². The second kappa shape index (κ2) is 13.3. The number of pyridine rings is 1. The Morgan fingerprint density at radius 2 is 1.78 bits per heavy atom. The zero-order valence-corrected chi connectivity index (χ0v) is 23.0. The molecule has 0 saturated carbocycles. The van der Waals surface area contributed by atoms with E-state index in [-0.39, 0.29) is 24.1 Å². The fourth-order valence-electron chi connectivity index (χ4n) is 4.14. The van der Waals surface area contributed by atoms with Gasteiger partial charge in [0.2, 0.25) is 5.91 Å². The molecule has 1 amide bonds. The Morgan fingerprint density at radius 3 is 2.49 bits per heavy atom. The van der Waals surface area contributed by atoms with Crippen LogP contribution in [0.25, 0.3) is 22.0 Å². The van der Waals surface area contributed by atoms with Crippen molar-refractivity contribution >= 4 is 16.7 Å². The van der Waals surface area contributed by atoms with E-state index < -0.39 is 0 Å². The maximum absolute atomic E-state index is 13.7. The number of hydrogen-bond acceptors (Lipinski definition) is 5. The first kappa shape index (κ1) is 28.3. The van der Waals surface area contributed by atoms with E-state index in [1.54, 1.807) is 13.2 Å². The highest BCUT2D eigenvalue weighted by Gasteiger charge is 2.16. The Hall–Kier alpha value is -3.32. The van der Waals surface area contributed by atoms with Gasteiger partial charge in [0.15, 0.2) is 0 Å². The summed E-state index contributed by atoms with van der Waals surface area (Å²) in [5.74, 6) is 2.12. The van der Waals surface area contributed by atoms with Crippen LogP contribution in [0.4, 0.5) is 0 Å². The molecule has 1 heterocycles. The molecule has 1 aromatic heterocycles. The summed E-state index contributed by atoms with van der Waals surface area (Å²) in [6, 6.07) is 15.0. The van der Waals surface area contributed by atoms with Crippen LogP contribution in [0, 0.1) is 11.8 Å². The molecule has 0 spiro atoms. The first-order valence-electron chi connectivity index (χ1n) is 13.1. The summed E-state index contributed by atoms with van der Waals surface area (Å²) in [6.07, 6.45) is 1.15. The van der Waals surface area contributed by atoms with Crippen LogP contribution in [0.15, 0.2) is 53.3 Å². The zero-order valence-electron chi connectivity index (χ0n) is 23.0. The Morgan fingerprint density at radius 1 is 1.00 bits per heavy atom. The number of nitrogens with one attached hydrogen (secondary N) is 2. The molecule has 0 fully saturated rings. The van der Waals surface area contributed by atoms with Crippen molar-refractivity contribution in [3.05, 3.63) is 58.9 Å². The van der Waals surface area contributed by atoms with E-state index in [1.807, 2.05) is 56.3 Å². The highest BCUT2D eigenvalue weighted by atomic mass is 16.5. The smallest absolute Gasteiger partial charge is 0.259 e. The Kier molecular flexibility index (Phi) is 10.1. The van der Waals surface area contributed by atoms with Gasteiger partial charge < -0.3 is 20.1 Å². The van der Waals surface area contributed by atoms with Crippen LogP contribution in [0.2, 0.25) is 0 Å². The fraction of sp³-hybridized carbons (Fsp3) is 0.467. The summed E-state index contributed by atoms with van der Waals surface area (Å²) >= 11 is 0. The van der Waals surface area contributed by atoms with Crippen molar-refractivity contribution < 1.29 is 14.3 Å². The number of benzene rings is 2. The molecule has 7 heteroatoms. The van der Waals surface area contributed by atoms with Crippen molar-refractivity contribution in [3.8, 4) is 22.8 Å². The normalized spacial score (nSPS) is 12.2. The lowest BCUT2D eigenvalue weighted by atomic mass is 10.1. The molecule has 1 atom stereocenters. The van der Waals surface area contributed by atoms with Gasteiger partial charge in [0.05, 0.1) is 24.8 Å². The highest BCUT2D eigenvalue weighted by molar-refractivity contribution is 5.87. The average Bonchev–Trinajstić information content (AvgIpc) is 2.86. The molecule has 0 saturated heterocycles. The molecule has 0 radical (unpaired) electrons. The van der Waals surface area contributed by atoms with E-state index in [0.717, 1.165) is 30.5 Å². The Balaban J connectivity index is 1.89. The number of nitrogens with zero attached hydrogens (tertiary/aromatic N) is 1. The van der Waals surface area contributed by atoms with E-state index in [9.17, 15) is 9.59 Å². The number of carbonyl (C=O) groups excluding carboxylic acids is 1. The summed E-state index contributed by atoms with van der Waals surface area (Å²) in [7, 11) is 1.60. The minimum Gasteiger partial charge on any atom is -0.497 e. The maximum Gasteiger partial charge on any atom is 0.259 e. The molecular formula is C30H41N3O4. The molecule has 0 bridgehead atoms. The van der Waals surface area contributed by atoms with Crippen LogP contribution >= 0.6 is 0 Å². The summed E-state index contributed by atoms with van der Waals surface area (Å²) in [5.41, 5.74) is 1.22. The predicted octanol–water partition coefficient (Wildman–Crippen LogP) is 4.85. The summed E-state index contributed by atoms with van der Waals surface area (Å²) in [4.78, 5) is 26.4. The minimum absolute atomic E-state index is 0.0224. The molecule has 3 aromatic rings. The number of methoxy groups -OCH3 is 1. The van der Waals surface area contributed by atoms with Gasteiger partial charge in [-0.15, -0.1) is 0 Å². The van der Waals surface area contributed by atoms with Crippen molar-refractivity contribution in [1.82, 2.24) is 15.2 Å². The second-order valence-electron chi connectivity index (χ2n) is 10.4. The van der Waals surface area contributed by atoms with E-state index >= 15 is 0 Å². The van der Waals surface area contributed by atoms with Crippen molar-refractivity contribution in [3.63, 3.8) is 0 Å². The van der Waals surface area contributed by atoms with Gasteiger partial charge in [-0.1, -0.05) is 39.0 Å². The quantitative estimate of drug-likeness (QED) is 0.323. The van der Waals surface area contributed by atoms with Crippen molar-refractivity contribution in [2.45, 2.75) is 53.6 Å². The molecule has 2 aromatic carbocycles. The molecule has 3 rings (SSSR count). The fourth-order valence-corrected chi connectivity index (χ4v) is 4.14. The van der Waals surface area contributed by atoms with Crippen LogP contribution in [-0.2, 0) is 11.3 Å². The summed E-state index contributed by atoms with van der Waals surface area (Å²) in [5, 5.41) is 7.67. The van der Waals surface area contributed by atoms with Gasteiger partial charge in [0.25, 0.3) is 5.56 Å². The molecule has 37 heavy (non-hydrogen) atoms. The lowest BCUT2D eigenvalue weighted by Gasteiger charge is -2.17. The number of rotatable bonds is 13. The lowest BCUT2D eigenvalue weighted by Crippen LogP contribution is -2.36. The molecule has 2 N–H and O–H groups in total. The van der Waals surface area contributed by atoms with E-state index in [0.29, 0.717) is 41.0 Å². The number of fused-ring (bicyclic) bond motifs is 1. The number of amides is 1. The largest absolute Gasteiger partial charge is 0.497 e. The minimum atomic E-state index is -0.233. The van der Waals surface area contributed by atoms with E-state index in [1.165, 1.54) is 4.57 Å². The third-order valence-electron chi connectivity index (χ3n) is 6.13. The van der Waals surface area contributed by atoms with Gasteiger partial charge in [-0.3, -0.25) is 14.2 Å². The molecule has 200 valence electrons. The molecule has 0 aliphatic carbocycles. The van der Waals surface area contributed by atoms with Gasteiger partial charge in [-0.2, -0.15) is 0 Å². The van der Waals surface area contributed by atoms with Gasteiger partial charge in [0.1, 0.15) is 18.0 Å². The molecular weight excluding hydrogens is 466 g/mol. The number of carbonyl (C=O) groups is 1. The second-order valence-corrected chi connectivity index (χ2v) is 10.4. The van der Waals surface area contributed by atoms with Gasteiger partial charge in [0, 0.05) is 24.1 Å². The van der Waals surface area contributed by atoms with Gasteiger partial charge in [-0.05, 0) is 68.4 Å². The highest BCUT2D eigenvalue weighted by Crippen LogP contribution is 2.27. The zero-order chi connectivity index (χ0) is 26.9. The predicted molar refractivity (Wildman–Crippen MR) is 150 cm³/mol. The van der Waals surface area contributed by atoms with Crippen LogP contribution in [-0.4, -0.2) is 43.3 Å². The molecule has 7 nitrogen and oxygen atoms in total. The third kappa shape index (κ3) is 8.09. The maximum atomic E-state index is 13.7.